The first-order valence-corrected chi connectivity index (χ1v) is 9.02. The summed E-state index contributed by atoms with van der Waals surface area (Å²) in [5.74, 6) is -0.180. The Bertz CT molecular complexity index is 759. The summed E-state index contributed by atoms with van der Waals surface area (Å²) in [5, 5.41) is 3.43. The number of carbonyl (C=O) groups is 2. The van der Waals surface area contributed by atoms with Crippen molar-refractivity contribution < 1.29 is 14.3 Å². The fraction of sp³-hybridized carbons (Fsp3) is 0.300. The Kier molecular flexibility index (Phi) is 6.12. The molecule has 1 aliphatic heterocycles. The van der Waals surface area contributed by atoms with Gasteiger partial charge in [0.15, 0.2) is 0 Å². The minimum Gasteiger partial charge on any atom is -0.445 e. The SMILES string of the molecule is O=C(NC1CCN(C(=O)OCc2ccccc2)CC1)c1ccccc1Cl. The van der Waals surface area contributed by atoms with E-state index in [2.05, 4.69) is 5.32 Å². The minimum atomic E-state index is -0.315. The van der Waals surface area contributed by atoms with Gasteiger partial charge in [0.25, 0.3) is 5.91 Å². The van der Waals surface area contributed by atoms with Crippen LogP contribution in [0.1, 0.15) is 28.8 Å². The lowest BCUT2D eigenvalue weighted by Gasteiger charge is -2.31. The molecule has 0 spiro atoms. The molecule has 1 fully saturated rings. The van der Waals surface area contributed by atoms with E-state index in [1.807, 2.05) is 30.3 Å². The molecule has 0 unspecified atom stereocenters. The third-order valence-corrected chi connectivity index (χ3v) is 4.74. The monoisotopic (exact) mass is 372 g/mol. The molecule has 2 aromatic rings. The first kappa shape index (κ1) is 18.3. The molecular weight excluding hydrogens is 352 g/mol. The summed E-state index contributed by atoms with van der Waals surface area (Å²) in [4.78, 5) is 26.2. The van der Waals surface area contributed by atoms with Crippen LogP contribution in [-0.2, 0) is 11.3 Å². The molecule has 1 saturated heterocycles. The number of hydrogen-bond donors (Lipinski definition) is 1. The van der Waals surface area contributed by atoms with Gasteiger partial charge in [-0.1, -0.05) is 54.1 Å². The Balaban J connectivity index is 1.44. The molecular formula is C20H21ClN2O3. The number of nitrogens with zero attached hydrogens (tertiary/aromatic N) is 1. The van der Waals surface area contributed by atoms with Crippen LogP contribution in [0.2, 0.25) is 5.02 Å². The molecule has 0 bridgehead atoms. The van der Waals surface area contributed by atoms with Crippen molar-refractivity contribution >= 4 is 23.6 Å². The van der Waals surface area contributed by atoms with E-state index in [4.69, 9.17) is 16.3 Å². The lowest BCUT2D eigenvalue weighted by molar-refractivity contribution is 0.0809. The van der Waals surface area contributed by atoms with E-state index in [0.717, 1.165) is 5.56 Å². The number of rotatable bonds is 4. The molecule has 1 N–H and O–H groups in total. The summed E-state index contributed by atoms with van der Waals surface area (Å²) in [6.07, 6.45) is 1.07. The van der Waals surface area contributed by atoms with Gasteiger partial charge >= 0.3 is 6.09 Å². The molecule has 5 nitrogen and oxygen atoms in total. The van der Waals surface area contributed by atoms with Crippen molar-refractivity contribution in [3.63, 3.8) is 0 Å². The van der Waals surface area contributed by atoms with Crippen LogP contribution >= 0.6 is 11.6 Å². The molecule has 136 valence electrons. The quantitative estimate of drug-likeness (QED) is 0.886. The smallest absolute Gasteiger partial charge is 0.410 e. The van der Waals surface area contributed by atoms with E-state index in [0.29, 0.717) is 36.5 Å². The largest absolute Gasteiger partial charge is 0.445 e. The van der Waals surface area contributed by atoms with Crippen molar-refractivity contribution in [1.29, 1.82) is 0 Å². The van der Waals surface area contributed by atoms with Crippen LogP contribution in [-0.4, -0.2) is 36.0 Å². The van der Waals surface area contributed by atoms with Crippen LogP contribution in [0.4, 0.5) is 4.79 Å². The molecule has 0 atom stereocenters. The van der Waals surface area contributed by atoms with Crippen molar-refractivity contribution in [3.8, 4) is 0 Å². The molecule has 0 radical (unpaired) electrons. The predicted molar refractivity (Wildman–Crippen MR) is 100 cm³/mol. The van der Waals surface area contributed by atoms with Crippen LogP contribution in [0.3, 0.4) is 0 Å². The summed E-state index contributed by atoms with van der Waals surface area (Å²) in [5.41, 5.74) is 1.43. The number of likely N-dealkylation sites (tertiary alicyclic amines) is 1. The zero-order valence-corrected chi connectivity index (χ0v) is 15.1. The second-order valence-electron chi connectivity index (χ2n) is 6.25. The highest BCUT2D eigenvalue weighted by Crippen LogP contribution is 2.17. The number of carbonyl (C=O) groups excluding carboxylic acids is 2. The molecule has 1 heterocycles. The highest BCUT2D eigenvalue weighted by Gasteiger charge is 2.25. The van der Waals surface area contributed by atoms with Gasteiger partial charge in [0.05, 0.1) is 10.6 Å². The molecule has 2 aromatic carbocycles. The maximum atomic E-state index is 12.3. The second kappa shape index (κ2) is 8.72. The van der Waals surface area contributed by atoms with Crippen molar-refractivity contribution in [1.82, 2.24) is 10.2 Å². The van der Waals surface area contributed by atoms with Gasteiger partial charge in [0, 0.05) is 19.1 Å². The average molecular weight is 373 g/mol. The molecule has 0 aromatic heterocycles. The van der Waals surface area contributed by atoms with Crippen LogP contribution in [0.25, 0.3) is 0 Å². The molecule has 0 saturated carbocycles. The van der Waals surface area contributed by atoms with E-state index in [1.54, 1.807) is 29.2 Å². The van der Waals surface area contributed by atoms with E-state index in [1.165, 1.54) is 0 Å². The van der Waals surface area contributed by atoms with Gasteiger partial charge in [0.2, 0.25) is 0 Å². The topological polar surface area (TPSA) is 58.6 Å². The highest BCUT2D eigenvalue weighted by atomic mass is 35.5. The molecule has 1 aliphatic rings. The van der Waals surface area contributed by atoms with E-state index < -0.39 is 0 Å². The zero-order chi connectivity index (χ0) is 18.4. The minimum absolute atomic E-state index is 0.0250. The van der Waals surface area contributed by atoms with Gasteiger partial charge in [-0.25, -0.2) is 4.79 Å². The Hall–Kier alpha value is -2.53. The number of amides is 2. The van der Waals surface area contributed by atoms with E-state index in [-0.39, 0.29) is 24.6 Å². The van der Waals surface area contributed by atoms with Crippen molar-refractivity contribution in [2.24, 2.45) is 0 Å². The summed E-state index contributed by atoms with van der Waals surface area (Å²) >= 11 is 6.06. The number of piperidine rings is 1. The molecule has 26 heavy (non-hydrogen) atoms. The van der Waals surface area contributed by atoms with Crippen molar-refractivity contribution in [2.45, 2.75) is 25.5 Å². The Morgan fingerprint density at radius 1 is 1.04 bits per heavy atom. The van der Waals surface area contributed by atoms with E-state index >= 15 is 0 Å². The van der Waals surface area contributed by atoms with Gasteiger partial charge in [0.1, 0.15) is 6.61 Å². The third-order valence-electron chi connectivity index (χ3n) is 4.41. The summed E-state index contributed by atoms with van der Waals surface area (Å²) < 4.78 is 5.35. The number of nitrogens with one attached hydrogen (secondary N) is 1. The maximum absolute atomic E-state index is 12.3. The standard InChI is InChI=1S/C20H21ClN2O3/c21-18-9-5-4-8-17(18)19(24)22-16-10-12-23(13-11-16)20(25)26-14-15-6-2-1-3-7-15/h1-9,16H,10-14H2,(H,22,24). The summed E-state index contributed by atoms with van der Waals surface area (Å²) in [6, 6.07) is 16.6. The number of hydrogen-bond acceptors (Lipinski definition) is 3. The van der Waals surface area contributed by atoms with Gasteiger partial charge in [-0.05, 0) is 30.5 Å². The van der Waals surface area contributed by atoms with Gasteiger partial charge < -0.3 is 15.0 Å². The first-order chi connectivity index (χ1) is 12.6. The first-order valence-electron chi connectivity index (χ1n) is 8.64. The van der Waals surface area contributed by atoms with Crippen molar-refractivity contribution in [2.75, 3.05) is 13.1 Å². The molecule has 6 heteroatoms. The number of benzene rings is 2. The van der Waals surface area contributed by atoms with Gasteiger partial charge in [-0.15, -0.1) is 0 Å². The summed E-state index contributed by atoms with van der Waals surface area (Å²) in [6.45, 7) is 1.38. The third kappa shape index (κ3) is 4.76. The molecule has 0 aliphatic carbocycles. The van der Waals surface area contributed by atoms with Gasteiger partial charge in [-0.3, -0.25) is 4.79 Å². The predicted octanol–water partition coefficient (Wildman–Crippen LogP) is 3.87. The number of halogens is 1. The molecule has 3 rings (SSSR count). The maximum Gasteiger partial charge on any atom is 0.410 e. The Labute approximate surface area is 157 Å². The Morgan fingerprint density at radius 3 is 2.38 bits per heavy atom. The van der Waals surface area contributed by atoms with Crippen LogP contribution < -0.4 is 5.32 Å². The van der Waals surface area contributed by atoms with Crippen LogP contribution in [0.5, 0.6) is 0 Å². The molecule has 2 amide bonds. The lowest BCUT2D eigenvalue weighted by Crippen LogP contribution is -2.46. The van der Waals surface area contributed by atoms with E-state index in [9.17, 15) is 9.59 Å². The zero-order valence-electron chi connectivity index (χ0n) is 14.4. The fourth-order valence-corrected chi connectivity index (χ4v) is 3.15. The van der Waals surface area contributed by atoms with Crippen LogP contribution in [0, 0.1) is 0 Å². The Morgan fingerprint density at radius 2 is 1.69 bits per heavy atom. The second-order valence-corrected chi connectivity index (χ2v) is 6.66. The van der Waals surface area contributed by atoms with Crippen LogP contribution in [0.15, 0.2) is 54.6 Å². The highest BCUT2D eigenvalue weighted by molar-refractivity contribution is 6.33. The van der Waals surface area contributed by atoms with Crippen molar-refractivity contribution in [3.05, 3.63) is 70.7 Å². The fourth-order valence-electron chi connectivity index (χ4n) is 2.93. The summed E-state index contributed by atoms with van der Waals surface area (Å²) in [7, 11) is 0. The van der Waals surface area contributed by atoms with Gasteiger partial charge in [-0.2, -0.15) is 0 Å². The number of ether oxygens (including phenoxy) is 1. The normalized spacial score (nSPS) is 14.7. The average Bonchev–Trinajstić information content (AvgIpc) is 2.68. The lowest BCUT2D eigenvalue weighted by atomic mass is 10.0.